The van der Waals surface area contributed by atoms with E-state index in [1.807, 2.05) is 17.9 Å². The van der Waals surface area contributed by atoms with Crippen molar-refractivity contribution in [2.75, 3.05) is 6.54 Å². The van der Waals surface area contributed by atoms with Crippen molar-refractivity contribution in [2.45, 2.75) is 45.1 Å². The lowest BCUT2D eigenvalue weighted by atomic mass is 9.99. The van der Waals surface area contributed by atoms with Crippen LogP contribution in [-0.2, 0) is 13.5 Å². The fourth-order valence-electron chi connectivity index (χ4n) is 2.07. The zero-order chi connectivity index (χ0) is 11.4. The molecule has 1 aromatic heterocycles. The Kier molecular flexibility index (Phi) is 3.99. The normalized spacial score (nSPS) is 17.6. The summed E-state index contributed by atoms with van der Waals surface area (Å²) in [7, 11) is 2.03. The summed E-state index contributed by atoms with van der Waals surface area (Å²) in [5.41, 5.74) is 1.35. The largest absolute Gasteiger partial charge is 0.314 e. The van der Waals surface area contributed by atoms with E-state index in [9.17, 15) is 0 Å². The molecule has 1 unspecified atom stereocenters. The molecule has 16 heavy (non-hydrogen) atoms. The Labute approximate surface area is 98.2 Å². The Bertz CT molecular complexity index is 315. The molecule has 0 radical (unpaired) electrons. The predicted molar refractivity (Wildman–Crippen MR) is 66.3 cm³/mol. The molecule has 1 saturated carbocycles. The molecule has 1 aliphatic carbocycles. The first kappa shape index (κ1) is 11.6. The summed E-state index contributed by atoms with van der Waals surface area (Å²) in [4.78, 5) is 0. The quantitative estimate of drug-likeness (QED) is 0.764. The molecule has 2 rings (SSSR count). The van der Waals surface area contributed by atoms with Crippen LogP contribution >= 0.6 is 0 Å². The second-order valence-electron chi connectivity index (χ2n) is 4.94. The highest BCUT2D eigenvalue weighted by atomic mass is 15.2. The predicted octanol–water partition coefficient (Wildman–Crippen LogP) is 2.13. The van der Waals surface area contributed by atoms with Crippen LogP contribution in [0.25, 0.3) is 0 Å². The summed E-state index contributed by atoms with van der Waals surface area (Å²) in [6.45, 7) is 3.49. The van der Waals surface area contributed by atoms with Gasteiger partial charge in [0.15, 0.2) is 0 Å². The van der Waals surface area contributed by atoms with Crippen LogP contribution in [0, 0.1) is 5.92 Å². The van der Waals surface area contributed by atoms with Gasteiger partial charge in [-0.1, -0.05) is 13.3 Å². The van der Waals surface area contributed by atoms with Crippen molar-refractivity contribution in [3.63, 3.8) is 0 Å². The number of rotatable bonds is 7. The highest BCUT2D eigenvalue weighted by Gasteiger charge is 2.21. The highest BCUT2D eigenvalue weighted by Crippen LogP contribution is 2.20. The van der Waals surface area contributed by atoms with Crippen LogP contribution in [0.15, 0.2) is 12.3 Å². The van der Waals surface area contributed by atoms with Gasteiger partial charge in [-0.25, -0.2) is 0 Å². The maximum atomic E-state index is 4.21. The number of nitrogens with one attached hydrogen (secondary N) is 1. The molecule has 0 bridgehead atoms. The summed E-state index contributed by atoms with van der Waals surface area (Å²) in [6.07, 6.45) is 8.36. The van der Waals surface area contributed by atoms with E-state index in [1.165, 1.54) is 37.9 Å². The average Bonchev–Trinajstić information content (AvgIpc) is 3.03. The minimum atomic E-state index is 0.815. The molecule has 1 aliphatic rings. The van der Waals surface area contributed by atoms with E-state index in [-0.39, 0.29) is 0 Å². The second-order valence-corrected chi connectivity index (χ2v) is 4.94. The minimum Gasteiger partial charge on any atom is -0.314 e. The molecular formula is C13H23N3. The molecule has 0 saturated heterocycles. The van der Waals surface area contributed by atoms with E-state index >= 15 is 0 Å². The van der Waals surface area contributed by atoms with Gasteiger partial charge in [-0.15, -0.1) is 0 Å². The average molecular weight is 221 g/mol. The van der Waals surface area contributed by atoms with Crippen molar-refractivity contribution in [3.05, 3.63) is 18.0 Å². The van der Waals surface area contributed by atoms with Crippen LogP contribution in [0.3, 0.4) is 0 Å². The lowest BCUT2D eigenvalue weighted by Crippen LogP contribution is -2.24. The summed E-state index contributed by atoms with van der Waals surface area (Å²) in [5.74, 6) is 0.815. The van der Waals surface area contributed by atoms with Gasteiger partial charge in [0.25, 0.3) is 0 Å². The van der Waals surface area contributed by atoms with E-state index in [2.05, 4.69) is 23.4 Å². The molecule has 0 aliphatic heterocycles. The Morgan fingerprint density at radius 1 is 1.56 bits per heavy atom. The van der Waals surface area contributed by atoms with Crippen LogP contribution in [0.4, 0.5) is 0 Å². The van der Waals surface area contributed by atoms with Crippen molar-refractivity contribution >= 4 is 0 Å². The lowest BCUT2D eigenvalue weighted by molar-refractivity contribution is 0.427. The molecule has 1 aromatic rings. The lowest BCUT2D eigenvalue weighted by Gasteiger charge is -2.15. The fourth-order valence-corrected chi connectivity index (χ4v) is 2.07. The van der Waals surface area contributed by atoms with Crippen molar-refractivity contribution in [3.8, 4) is 0 Å². The van der Waals surface area contributed by atoms with Gasteiger partial charge in [0, 0.05) is 25.0 Å². The van der Waals surface area contributed by atoms with Gasteiger partial charge in [-0.05, 0) is 44.2 Å². The van der Waals surface area contributed by atoms with E-state index in [0.717, 1.165) is 18.4 Å². The highest BCUT2D eigenvalue weighted by molar-refractivity contribution is 5.00. The van der Waals surface area contributed by atoms with Gasteiger partial charge in [0.1, 0.15) is 0 Å². The zero-order valence-corrected chi connectivity index (χ0v) is 10.4. The number of aromatic nitrogens is 2. The summed E-state index contributed by atoms with van der Waals surface area (Å²) in [5, 5.41) is 7.84. The molecule has 1 fully saturated rings. The first-order chi connectivity index (χ1) is 7.79. The standard InChI is InChI=1S/C13H23N3/c1-3-11(10-14-12-5-6-12)4-7-13-8-9-15-16(13)2/h8-9,11-12,14H,3-7,10H2,1-2H3. The molecule has 1 heterocycles. The van der Waals surface area contributed by atoms with Crippen LogP contribution in [0.5, 0.6) is 0 Å². The fraction of sp³-hybridized carbons (Fsp3) is 0.769. The van der Waals surface area contributed by atoms with Crippen LogP contribution in [0.1, 0.15) is 38.3 Å². The molecule has 90 valence electrons. The number of hydrogen-bond donors (Lipinski definition) is 1. The van der Waals surface area contributed by atoms with Crippen LogP contribution < -0.4 is 5.32 Å². The van der Waals surface area contributed by atoms with Gasteiger partial charge in [-0.2, -0.15) is 5.10 Å². The van der Waals surface area contributed by atoms with E-state index in [1.54, 1.807) is 0 Å². The number of aryl methyl sites for hydroxylation is 2. The van der Waals surface area contributed by atoms with Gasteiger partial charge < -0.3 is 5.32 Å². The van der Waals surface area contributed by atoms with Gasteiger partial charge in [-0.3, -0.25) is 4.68 Å². The Balaban J connectivity index is 1.71. The summed E-state index contributed by atoms with van der Waals surface area (Å²) >= 11 is 0. The molecular weight excluding hydrogens is 198 g/mol. The Morgan fingerprint density at radius 2 is 2.38 bits per heavy atom. The second kappa shape index (κ2) is 5.48. The Hall–Kier alpha value is -0.830. The monoisotopic (exact) mass is 221 g/mol. The molecule has 1 N–H and O–H groups in total. The van der Waals surface area contributed by atoms with E-state index < -0.39 is 0 Å². The van der Waals surface area contributed by atoms with E-state index in [4.69, 9.17) is 0 Å². The topological polar surface area (TPSA) is 29.9 Å². The molecule has 0 amide bonds. The van der Waals surface area contributed by atoms with E-state index in [0.29, 0.717) is 0 Å². The maximum Gasteiger partial charge on any atom is 0.0492 e. The van der Waals surface area contributed by atoms with Crippen LogP contribution in [0.2, 0.25) is 0 Å². The zero-order valence-electron chi connectivity index (χ0n) is 10.4. The van der Waals surface area contributed by atoms with Crippen molar-refractivity contribution in [1.82, 2.24) is 15.1 Å². The third kappa shape index (κ3) is 3.34. The van der Waals surface area contributed by atoms with Gasteiger partial charge >= 0.3 is 0 Å². The first-order valence-corrected chi connectivity index (χ1v) is 6.50. The molecule has 3 heteroatoms. The third-order valence-electron chi connectivity index (χ3n) is 3.58. The Morgan fingerprint density at radius 3 is 2.94 bits per heavy atom. The van der Waals surface area contributed by atoms with Crippen molar-refractivity contribution < 1.29 is 0 Å². The summed E-state index contributed by atoms with van der Waals surface area (Å²) < 4.78 is 1.99. The van der Waals surface area contributed by atoms with Gasteiger partial charge in [0.2, 0.25) is 0 Å². The molecule has 1 atom stereocenters. The molecule has 0 aromatic carbocycles. The van der Waals surface area contributed by atoms with Crippen molar-refractivity contribution in [2.24, 2.45) is 13.0 Å². The maximum absolute atomic E-state index is 4.21. The SMILES string of the molecule is CCC(CCc1ccnn1C)CNC1CC1. The van der Waals surface area contributed by atoms with Crippen LogP contribution in [-0.4, -0.2) is 22.4 Å². The number of hydrogen-bond acceptors (Lipinski definition) is 2. The summed E-state index contributed by atoms with van der Waals surface area (Å²) in [6, 6.07) is 2.96. The van der Waals surface area contributed by atoms with Crippen molar-refractivity contribution in [1.29, 1.82) is 0 Å². The molecule has 3 nitrogen and oxygen atoms in total. The molecule has 0 spiro atoms. The minimum absolute atomic E-state index is 0.815. The smallest absolute Gasteiger partial charge is 0.0492 e. The first-order valence-electron chi connectivity index (χ1n) is 6.50. The number of nitrogens with zero attached hydrogens (tertiary/aromatic N) is 2. The van der Waals surface area contributed by atoms with Gasteiger partial charge in [0.05, 0.1) is 0 Å². The third-order valence-corrected chi connectivity index (χ3v) is 3.58.